The van der Waals surface area contributed by atoms with E-state index in [1.807, 2.05) is 0 Å². The molecule has 0 aromatic heterocycles. The van der Waals surface area contributed by atoms with Gasteiger partial charge in [-0.25, -0.2) is 0 Å². The van der Waals surface area contributed by atoms with Crippen molar-refractivity contribution < 1.29 is 0 Å². The lowest BCUT2D eigenvalue weighted by Crippen LogP contribution is -2.35. The summed E-state index contributed by atoms with van der Waals surface area (Å²) in [6, 6.07) is 9.62. The van der Waals surface area contributed by atoms with Gasteiger partial charge in [-0.3, -0.25) is 0 Å². The van der Waals surface area contributed by atoms with Crippen LogP contribution in [0.25, 0.3) is 0 Å². The van der Waals surface area contributed by atoms with E-state index in [9.17, 15) is 0 Å². The van der Waals surface area contributed by atoms with Crippen molar-refractivity contribution in [3.8, 4) is 0 Å². The predicted molar refractivity (Wildman–Crippen MR) is 78.6 cm³/mol. The first-order valence-corrected chi connectivity index (χ1v) is 7.44. The molecule has 2 rings (SSSR count). The highest BCUT2D eigenvalue weighted by Gasteiger charge is 2.23. The third-order valence-corrected chi connectivity index (χ3v) is 4.37. The molecule has 1 aliphatic carbocycles. The van der Waals surface area contributed by atoms with Crippen molar-refractivity contribution in [1.82, 2.24) is 5.32 Å². The van der Waals surface area contributed by atoms with E-state index >= 15 is 0 Å². The number of rotatable bonds is 4. The minimum absolute atomic E-state index is 0.729. The Morgan fingerprint density at radius 1 is 1.17 bits per heavy atom. The molecule has 0 heterocycles. The van der Waals surface area contributed by atoms with Gasteiger partial charge in [-0.15, -0.1) is 0 Å². The molecule has 1 aliphatic rings. The van der Waals surface area contributed by atoms with Gasteiger partial charge in [0.2, 0.25) is 0 Å². The maximum atomic E-state index is 3.74. The summed E-state index contributed by atoms with van der Waals surface area (Å²) in [5.41, 5.74) is 2.75. The molecule has 0 bridgehead atoms. The second kappa shape index (κ2) is 6.38. The second-order valence-corrected chi connectivity index (χ2v) is 6.23. The lowest BCUT2D eigenvalue weighted by molar-refractivity contribution is 0.231. The van der Waals surface area contributed by atoms with Crippen LogP contribution < -0.4 is 5.32 Å². The molecule has 1 fully saturated rings. The highest BCUT2D eigenvalue weighted by molar-refractivity contribution is 5.21. The van der Waals surface area contributed by atoms with Gasteiger partial charge in [0, 0.05) is 12.6 Å². The van der Waals surface area contributed by atoms with Crippen molar-refractivity contribution in [3.05, 3.63) is 35.4 Å². The van der Waals surface area contributed by atoms with Gasteiger partial charge >= 0.3 is 0 Å². The molecule has 18 heavy (non-hydrogen) atoms. The molecule has 1 aromatic rings. The van der Waals surface area contributed by atoms with Crippen LogP contribution in [0.1, 0.15) is 50.7 Å². The number of hydrogen-bond acceptors (Lipinski definition) is 1. The van der Waals surface area contributed by atoms with Gasteiger partial charge < -0.3 is 5.32 Å². The first kappa shape index (κ1) is 13.6. The monoisotopic (exact) mass is 245 g/mol. The number of hydrogen-bond donors (Lipinski definition) is 1. The van der Waals surface area contributed by atoms with E-state index in [4.69, 9.17) is 0 Å². The zero-order chi connectivity index (χ0) is 13.0. The van der Waals surface area contributed by atoms with E-state index in [0.717, 1.165) is 24.4 Å². The lowest BCUT2D eigenvalue weighted by atomic mass is 9.79. The largest absolute Gasteiger partial charge is 0.310 e. The Balaban J connectivity index is 1.81. The average molecular weight is 245 g/mol. The first-order chi connectivity index (χ1) is 8.65. The summed E-state index contributed by atoms with van der Waals surface area (Å²) >= 11 is 0. The summed E-state index contributed by atoms with van der Waals surface area (Å²) in [6.07, 6.45) is 5.55. The summed E-state index contributed by atoms with van der Waals surface area (Å²) in [5.74, 6) is 1.77. The van der Waals surface area contributed by atoms with Gasteiger partial charge in [0.25, 0.3) is 0 Å². The maximum Gasteiger partial charge on any atom is 0.0208 e. The van der Waals surface area contributed by atoms with Gasteiger partial charge in [0.15, 0.2) is 0 Å². The Labute approximate surface area is 112 Å². The highest BCUT2D eigenvalue weighted by atomic mass is 14.9. The van der Waals surface area contributed by atoms with Crippen molar-refractivity contribution in [3.63, 3.8) is 0 Å². The zero-order valence-corrected chi connectivity index (χ0v) is 12.1. The molecule has 1 heteroatoms. The molecule has 0 amide bonds. The molecule has 0 aliphatic heterocycles. The van der Waals surface area contributed by atoms with E-state index in [2.05, 4.69) is 50.4 Å². The van der Waals surface area contributed by atoms with Crippen LogP contribution in [-0.2, 0) is 6.54 Å². The zero-order valence-electron chi connectivity index (χ0n) is 12.1. The van der Waals surface area contributed by atoms with Crippen LogP contribution in [0, 0.1) is 18.8 Å². The van der Waals surface area contributed by atoms with Crippen LogP contribution in [0.2, 0.25) is 0 Å². The van der Waals surface area contributed by atoms with Crippen LogP contribution in [0.15, 0.2) is 24.3 Å². The number of aryl methyl sites for hydroxylation is 1. The summed E-state index contributed by atoms with van der Waals surface area (Å²) in [6.45, 7) is 7.90. The Hall–Kier alpha value is -0.820. The van der Waals surface area contributed by atoms with Gasteiger partial charge in [0.1, 0.15) is 0 Å². The SMILES string of the molecule is Cc1ccc(CNC2CCCC(C(C)C)C2)cc1. The predicted octanol–water partition coefficient (Wildman–Crippen LogP) is 4.30. The molecule has 0 spiro atoms. The fourth-order valence-electron chi connectivity index (χ4n) is 2.99. The fraction of sp³-hybridized carbons (Fsp3) is 0.647. The summed E-state index contributed by atoms with van der Waals surface area (Å²) in [7, 11) is 0. The Morgan fingerprint density at radius 3 is 2.56 bits per heavy atom. The van der Waals surface area contributed by atoms with Crippen molar-refractivity contribution in [2.24, 2.45) is 11.8 Å². The molecule has 2 unspecified atom stereocenters. The third kappa shape index (κ3) is 3.84. The summed E-state index contributed by atoms with van der Waals surface area (Å²) in [4.78, 5) is 0. The standard InChI is InChI=1S/C17H27N/c1-13(2)16-5-4-6-17(11-16)18-12-15-9-7-14(3)8-10-15/h7-10,13,16-18H,4-6,11-12H2,1-3H3. The molecule has 2 atom stereocenters. The van der Waals surface area contributed by atoms with Crippen molar-refractivity contribution in [2.45, 2.75) is 59.0 Å². The molecule has 1 N–H and O–H groups in total. The number of nitrogens with one attached hydrogen (secondary N) is 1. The second-order valence-electron chi connectivity index (χ2n) is 6.23. The molecular weight excluding hydrogens is 218 g/mol. The van der Waals surface area contributed by atoms with Crippen LogP contribution in [0.5, 0.6) is 0 Å². The van der Waals surface area contributed by atoms with Crippen LogP contribution in [-0.4, -0.2) is 6.04 Å². The minimum atomic E-state index is 0.729. The molecule has 0 saturated heterocycles. The van der Waals surface area contributed by atoms with E-state index in [1.165, 1.54) is 36.8 Å². The van der Waals surface area contributed by atoms with Crippen molar-refractivity contribution in [2.75, 3.05) is 0 Å². The number of benzene rings is 1. The van der Waals surface area contributed by atoms with E-state index in [1.54, 1.807) is 0 Å². The smallest absolute Gasteiger partial charge is 0.0208 e. The third-order valence-electron chi connectivity index (χ3n) is 4.37. The van der Waals surface area contributed by atoms with Crippen LogP contribution in [0.4, 0.5) is 0 Å². The summed E-state index contributed by atoms with van der Waals surface area (Å²) < 4.78 is 0. The minimum Gasteiger partial charge on any atom is -0.310 e. The van der Waals surface area contributed by atoms with E-state index < -0.39 is 0 Å². The quantitative estimate of drug-likeness (QED) is 0.834. The Bertz CT molecular complexity index is 352. The molecule has 100 valence electrons. The van der Waals surface area contributed by atoms with Gasteiger partial charge in [-0.05, 0) is 37.2 Å². The molecule has 1 aromatic carbocycles. The topological polar surface area (TPSA) is 12.0 Å². The first-order valence-electron chi connectivity index (χ1n) is 7.44. The Kier molecular flexibility index (Phi) is 4.82. The highest BCUT2D eigenvalue weighted by Crippen LogP contribution is 2.30. The van der Waals surface area contributed by atoms with Crippen LogP contribution >= 0.6 is 0 Å². The average Bonchev–Trinajstić information content (AvgIpc) is 2.38. The van der Waals surface area contributed by atoms with Gasteiger partial charge in [-0.2, -0.15) is 0 Å². The Morgan fingerprint density at radius 2 is 1.89 bits per heavy atom. The summed E-state index contributed by atoms with van der Waals surface area (Å²) in [5, 5.41) is 3.74. The normalized spacial score (nSPS) is 24.4. The van der Waals surface area contributed by atoms with Crippen LogP contribution in [0.3, 0.4) is 0 Å². The molecular formula is C17H27N. The lowest BCUT2D eigenvalue weighted by Gasteiger charge is -2.32. The maximum absolute atomic E-state index is 3.74. The van der Waals surface area contributed by atoms with E-state index in [-0.39, 0.29) is 0 Å². The molecule has 1 nitrogen and oxygen atoms in total. The van der Waals surface area contributed by atoms with Crippen molar-refractivity contribution >= 4 is 0 Å². The van der Waals surface area contributed by atoms with Gasteiger partial charge in [-0.1, -0.05) is 56.5 Å². The van der Waals surface area contributed by atoms with E-state index in [0.29, 0.717) is 0 Å². The molecule has 0 radical (unpaired) electrons. The van der Waals surface area contributed by atoms with Gasteiger partial charge in [0.05, 0.1) is 0 Å². The van der Waals surface area contributed by atoms with Crippen molar-refractivity contribution in [1.29, 1.82) is 0 Å². The molecule has 1 saturated carbocycles. The fourth-order valence-corrected chi connectivity index (χ4v) is 2.99.